The molecular weight excluding hydrogens is 324 g/mol. The first-order valence-corrected chi connectivity index (χ1v) is 7.70. The molecule has 24 heavy (non-hydrogen) atoms. The van der Waals surface area contributed by atoms with Gasteiger partial charge in [0.05, 0.1) is 13.1 Å². The van der Waals surface area contributed by atoms with Crippen molar-refractivity contribution in [3.63, 3.8) is 0 Å². The Bertz CT molecular complexity index is 531. The summed E-state index contributed by atoms with van der Waals surface area (Å²) in [5.41, 5.74) is 0.789. The minimum absolute atomic E-state index is 0.197. The number of likely N-dealkylation sites (N-methyl/N-ethyl adjacent to an activating group) is 1. The lowest BCUT2D eigenvalue weighted by Gasteiger charge is -2.23. The molecule has 0 saturated carbocycles. The van der Waals surface area contributed by atoms with E-state index in [0.29, 0.717) is 19.0 Å². The van der Waals surface area contributed by atoms with Crippen LogP contribution in [0.2, 0.25) is 0 Å². The van der Waals surface area contributed by atoms with Crippen LogP contribution in [0.5, 0.6) is 0 Å². The summed E-state index contributed by atoms with van der Waals surface area (Å²) in [6.07, 6.45) is -4.21. The predicted molar refractivity (Wildman–Crippen MR) is 87.4 cm³/mol. The molecular formula is C16H24F4N4. The van der Waals surface area contributed by atoms with Crippen LogP contribution in [0.1, 0.15) is 12.5 Å². The zero-order valence-corrected chi connectivity index (χ0v) is 14.2. The van der Waals surface area contributed by atoms with Gasteiger partial charge in [-0.2, -0.15) is 13.2 Å². The summed E-state index contributed by atoms with van der Waals surface area (Å²) in [5.74, 6) is 0.263. The lowest BCUT2D eigenvalue weighted by molar-refractivity contribution is -0.142. The van der Waals surface area contributed by atoms with Crippen LogP contribution in [-0.2, 0) is 6.54 Å². The molecule has 0 aliphatic rings. The number of aliphatic imine (C=N–C) groups is 1. The zero-order chi connectivity index (χ0) is 18.2. The van der Waals surface area contributed by atoms with Crippen molar-refractivity contribution in [1.29, 1.82) is 0 Å². The second-order valence-corrected chi connectivity index (χ2v) is 5.57. The lowest BCUT2D eigenvalue weighted by atomic mass is 10.2. The highest BCUT2D eigenvalue weighted by atomic mass is 19.4. The van der Waals surface area contributed by atoms with Gasteiger partial charge < -0.3 is 10.2 Å². The summed E-state index contributed by atoms with van der Waals surface area (Å²) in [5, 5.41) is 3.08. The van der Waals surface area contributed by atoms with E-state index >= 15 is 0 Å². The van der Waals surface area contributed by atoms with E-state index in [0.717, 1.165) is 5.56 Å². The number of nitrogens with zero attached hydrogens (tertiary/aromatic N) is 3. The maximum atomic E-state index is 13.2. The Labute approximate surface area is 140 Å². The normalized spacial score (nSPS) is 12.6. The van der Waals surface area contributed by atoms with Gasteiger partial charge in [0, 0.05) is 26.7 Å². The lowest BCUT2D eigenvalue weighted by Crippen LogP contribution is -2.39. The fraction of sp³-hybridized carbons (Fsp3) is 0.562. The van der Waals surface area contributed by atoms with Crippen LogP contribution in [0.3, 0.4) is 0 Å². The van der Waals surface area contributed by atoms with Crippen LogP contribution in [0.4, 0.5) is 17.6 Å². The van der Waals surface area contributed by atoms with Gasteiger partial charge in [-0.1, -0.05) is 12.1 Å². The van der Waals surface area contributed by atoms with Crippen LogP contribution in [0.25, 0.3) is 0 Å². The Kier molecular flexibility index (Phi) is 7.97. The first-order valence-electron chi connectivity index (χ1n) is 7.70. The summed E-state index contributed by atoms with van der Waals surface area (Å²) in [7, 11) is 3.21. The molecule has 8 heteroatoms. The van der Waals surface area contributed by atoms with E-state index in [9.17, 15) is 17.6 Å². The highest BCUT2D eigenvalue weighted by molar-refractivity contribution is 5.79. The molecule has 0 bridgehead atoms. The van der Waals surface area contributed by atoms with Gasteiger partial charge in [0.1, 0.15) is 5.82 Å². The molecule has 1 N–H and O–H groups in total. The molecule has 136 valence electrons. The number of halogens is 4. The number of hydrogen-bond acceptors (Lipinski definition) is 2. The molecule has 0 amide bonds. The molecule has 1 aromatic carbocycles. The Balaban J connectivity index is 2.60. The van der Waals surface area contributed by atoms with Crippen molar-refractivity contribution < 1.29 is 17.6 Å². The minimum atomic E-state index is -4.21. The van der Waals surface area contributed by atoms with Crippen LogP contribution in [-0.4, -0.2) is 62.2 Å². The number of rotatable bonds is 7. The Morgan fingerprint density at radius 3 is 2.54 bits per heavy atom. The third-order valence-electron chi connectivity index (χ3n) is 3.20. The summed E-state index contributed by atoms with van der Waals surface area (Å²) < 4.78 is 50.1. The summed E-state index contributed by atoms with van der Waals surface area (Å²) in [4.78, 5) is 7.32. The van der Waals surface area contributed by atoms with Crippen molar-refractivity contribution in [2.24, 2.45) is 4.99 Å². The fourth-order valence-corrected chi connectivity index (χ4v) is 2.17. The van der Waals surface area contributed by atoms with Crippen molar-refractivity contribution in [2.75, 3.05) is 40.3 Å². The molecule has 0 radical (unpaired) electrons. The third-order valence-corrected chi connectivity index (χ3v) is 3.20. The summed E-state index contributed by atoms with van der Waals surface area (Å²) >= 11 is 0. The van der Waals surface area contributed by atoms with E-state index in [-0.39, 0.29) is 18.9 Å². The maximum Gasteiger partial charge on any atom is 0.401 e. The van der Waals surface area contributed by atoms with Crippen molar-refractivity contribution in [2.45, 2.75) is 19.6 Å². The van der Waals surface area contributed by atoms with Crippen LogP contribution in [0.15, 0.2) is 29.3 Å². The highest BCUT2D eigenvalue weighted by Gasteiger charge is 2.28. The molecule has 0 aliphatic heterocycles. The Hall–Kier alpha value is -1.83. The average Bonchev–Trinajstić information content (AvgIpc) is 2.44. The quantitative estimate of drug-likeness (QED) is 0.467. The molecule has 0 spiro atoms. The molecule has 0 unspecified atom stereocenters. The molecule has 1 aromatic rings. The first-order chi connectivity index (χ1) is 11.2. The third kappa shape index (κ3) is 8.14. The van der Waals surface area contributed by atoms with E-state index in [1.807, 2.05) is 11.8 Å². The van der Waals surface area contributed by atoms with Crippen LogP contribution in [0, 0.1) is 5.82 Å². The molecule has 0 aliphatic carbocycles. The largest absolute Gasteiger partial charge is 0.401 e. The van der Waals surface area contributed by atoms with Gasteiger partial charge in [-0.25, -0.2) is 4.39 Å². The van der Waals surface area contributed by atoms with Gasteiger partial charge >= 0.3 is 6.18 Å². The molecule has 0 fully saturated rings. The van der Waals surface area contributed by atoms with Crippen molar-refractivity contribution in [3.8, 4) is 0 Å². The Morgan fingerprint density at radius 2 is 1.96 bits per heavy atom. The SMILES string of the molecule is CCNC(=NCCN(C)CC(F)(F)F)N(C)Cc1cccc(F)c1. The zero-order valence-electron chi connectivity index (χ0n) is 14.2. The number of nitrogens with one attached hydrogen (secondary N) is 1. The number of alkyl halides is 3. The standard InChI is InChI=1S/C16H24F4N4/c1-4-21-15(22-8-9-23(2)12-16(18,19)20)24(3)11-13-6-5-7-14(17)10-13/h5-7,10H,4,8-9,11-12H2,1-3H3,(H,21,22). The molecule has 4 nitrogen and oxygen atoms in total. The van der Waals surface area contributed by atoms with Crippen molar-refractivity contribution >= 4 is 5.96 Å². The number of guanidine groups is 1. The van der Waals surface area contributed by atoms with Gasteiger partial charge in [-0.15, -0.1) is 0 Å². The predicted octanol–water partition coefficient (Wildman–Crippen LogP) is 2.72. The number of benzene rings is 1. The molecule has 0 aromatic heterocycles. The monoisotopic (exact) mass is 348 g/mol. The van der Waals surface area contributed by atoms with Gasteiger partial charge in [0.25, 0.3) is 0 Å². The second kappa shape index (κ2) is 9.46. The van der Waals surface area contributed by atoms with Crippen LogP contribution < -0.4 is 5.32 Å². The van der Waals surface area contributed by atoms with Gasteiger partial charge in [0.2, 0.25) is 0 Å². The maximum absolute atomic E-state index is 13.2. The highest BCUT2D eigenvalue weighted by Crippen LogP contribution is 2.15. The minimum Gasteiger partial charge on any atom is -0.357 e. The molecule has 1 rings (SSSR count). The second-order valence-electron chi connectivity index (χ2n) is 5.57. The summed E-state index contributed by atoms with van der Waals surface area (Å²) in [6.45, 7) is 2.46. The van der Waals surface area contributed by atoms with E-state index in [2.05, 4.69) is 10.3 Å². The van der Waals surface area contributed by atoms with Crippen LogP contribution >= 0.6 is 0 Å². The van der Waals surface area contributed by atoms with Crippen molar-refractivity contribution in [1.82, 2.24) is 15.1 Å². The average molecular weight is 348 g/mol. The van der Waals surface area contributed by atoms with Gasteiger partial charge in [-0.3, -0.25) is 9.89 Å². The van der Waals surface area contributed by atoms with E-state index in [4.69, 9.17) is 0 Å². The molecule has 0 saturated heterocycles. The molecule has 0 heterocycles. The summed E-state index contributed by atoms with van der Waals surface area (Å²) in [6, 6.07) is 6.26. The molecule has 0 atom stereocenters. The topological polar surface area (TPSA) is 30.9 Å². The van der Waals surface area contributed by atoms with E-state index in [1.54, 1.807) is 19.2 Å². The van der Waals surface area contributed by atoms with E-state index < -0.39 is 12.7 Å². The smallest absolute Gasteiger partial charge is 0.357 e. The Morgan fingerprint density at radius 1 is 1.25 bits per heavy atom. The fourth-order valence-electron chi connectivity index (χ4n) is 2.17. The first kappa shape index (κ1) is 20.2. The van der Waals surface area contributed by atoms with Crippen molar-refractivity contribution in [3.05, 3.63) is 35.6 Å². The van der Waals surface area contributed by atoms with E-state index in [1.165, 1.54) is 24.1 Å². The van der Waals surface area contributed by atoms with Gasteiger partial charge in [0.15, 0.2) is 5.96 Å². The number of hydrogen-bond donors (Lipinski definition) is 1. The van der Waals surface area contributed by atoms with Gasteiger partial charge in [-0.05, 0) is 31.7 Å².